The summed E-state index contributed by atoms with van der Waals surface area (Å²) in [5, 5.41) is 8.71. The Bertz CT molecular complexity index is 178. The second kappa shape index (κ2) is 5.00. The molecule has 0 amide bonds. The Morgan fingerprint density at radius 1 is 1.57 bits per heavy atom. The van der Waals surface area contributed by atoms with Gasteiger partial charge in [0.05, 0.1) is 19.8 Å². The summed E-state index contributed by atoms with van der Waals surface area (Å²) in [4.78, 5) is 1.59. The molecular weight excluding hydrogens is 192 g/mol. The Morgan fingerprint density at radius 3 is 2.86 bits per heavy atom. The number of hydrogen-bond donors (Lipinski definition) is 1. The van der Waals surface area contributed by atoms with Gasteiger partial charge in [-0.1, -0.05) is 0 Å². The van der Waals surface area contributed by atoms with Gasteiger partial charge in [-0.3, -0.25) is 4.90 Å². The topological polar surface area (TPSA) is 32.7 Å². The fraction of sp³-hybridized carbons (Fsp3) is 1.00. The van der Waals surface area contributed by atoms with Gasteiger partial charge >= 0.3 is 0 Å². The van der Waals surface area contributed by atoms with Crippen molar-refractivity contribution >= 4 is 0 Å². The molecule has 1 atom stereocenters. The van der Waals surface area contributed by atoms with E-state index in [2.05, 4.69) is 0 Å². The van der Waals surface area contributed by atoms with Crippen LogP contribution in [0.25, 0.3) is 0 Å². The number of halogens is 2. The van der Waals surface area contributed by atoms with Gasteiger partial charge in [-0.2, -0.15) is 0 Å². The molecule has 0 aromatic rings. The summed E-state index contributed by atoms with van der Waals surface area (Å²) >= 11 is 0. The average Bonchev–Trinajstić information content (AvgIpc) is 2.38. The zero-order chi connectivity index (χ0) is 10.6. The molecule has 0 aromatic heterocycles. The maximum absolute atomic E-state index is 13.0. The van der Waals surface area contributed by atoms with Gasteiger partial charge in [0.1, 0.15) is 0 Å². The first-order valence-electron chi connectivity index (χ1n) is 4.89. The summed E-state index contributed by atoms with van der Waals surface area (Å²) in [5.74, 6) is -2.63. The van der Waals surface area contributed by atoms with E-state index in [9.17, 15) is 8.78 Å². The second-order valence-electron chi connectivity index (χ2n) is 3.57. The van der Waals surface area contributed by atoms with Crippen LogP contribution in [0.2, 0.25) is 0 Å². The van der Waals surface area contributed by atoms with Crippen LogP contribution in [0.15, 0.2) is 0 Å². The molecule has 1 aliphatic rings. The predicted molar refractivity (Wildman–Crippen MR) is 48.5 cm³/mol. The van der Waals surface area contributed by atoms with Gasteiger partial charge in [-0.05, 0) is 6.92 Å². The third kappa shape index (κ3) is 3.15. The highest BCUT2D eigenvalue weighted by Crippen LogP contribution is 2.31. The zero-order valence-corrected chi connectivity index (χ0v) is 8.38. The number of likely N-dealkylation sites (tertiary alicyclic amines) is 1. The van der Waals surface area contributed by atoms with E-state index in [4.69, 9.17) is 9.84 Å². The van der Waals surface area contributed by atoms with Crippen LogP contribution in [0.3, 0.4) is 0 Å². The Balaban J connectivity index is 2.44. The van der Waals surface area contributed by atoms with E-state index in [1.165, 1.54) is 0 Å². The van der Waals surface area contributed by atoms with Gasteiger partial charge in [0.25, 0.3) is 5.92 Å². The zero-order valence-electron chi connectivity index (χ0n) is 8.38. The smallest absolute Gasteiger partial charge is 0.262 e. The number of β-amino-alcohol motifs (C(OH)–C–C–N with tert-alkyl or cyclic N) is 1. The minimum atomic E-state index is -2.63. The Morgan fingerprint density at radius 2 is 2.29 bits per heavy atom. The molecule has 1 aliphatic heterocycles. The number of aliphatic hydroxyl groups excluding tert-OH is 1. The van der Waals surface area contributed by atoms with E-state index in [0.717, 1.165) is 0 Å². The summed E-state index contributed by atoms with van der Waals surface area (Å²) in [6, 6.07) is -0.253. The first-order valence-corrected chi connectivity index (χ1v) is 4.89. The van der Waals surface area contributed by atoms with Crippen LogP contribution in [0.1, 0.15) is 13.3 Å². The van der Waals surface area contributed by atoms with Gasteiger partial charge in [0.15, 0.2) is 0 Å². The molecule has 1 N–H and O–H groups in total. The Labute approximate surface area is 82.7 Å². The molecule has 5 heteroatoms. The van der Waals surface area contributed by atoms with Crippen LogP contribution >= 0.6 is 0 Å². The number of hydrogen-bond acceptors (Lipinski definition) is 3. The number of aliphatic hydroxyl groups is 1. The van der Waals surface area contributed by atoms with E-state index in [1.807, 2.05) is 6.92 Å². The van der Waals surface area contributed by atoms with Gasteiger partial charge in [-0.25, -0.2) is 8.78 Å². The van der Waals surface area contributed by atoms with Crippen molar-refractivity contribution in [2.75, 3.05) is 32.9 Å². The van der Waals surface area contributed by atoms with Gasteiger partial charge in [-0.15, -0.1) is 0 Å². The number of rotatable bonds is 5. The molecular formula is C9H17F2NO2. The van der Waals surface area contributed by atoms with Gasteiger partial charge < -0.3 is 9.84 Å². The van der Waals surface area contributed by atoms with Crippen molar-refractivity contribution in [3.63, 3.8) is 0 Å². The van der Waals surface area contributed by atoms with Crippen molar-refractivity contribution in [2.24, 2.45) is 0 Å². The van der Waals surface area contributed by atoms with E-state index < -0.39 is 5.92 Å². The molecule has 0 radical (unpaired) electrons. The lowest BCUT2D eigenvalue weighted by atomic mass is 10.2. The molecule has 1 heterocycles. The van der Waals surface area contributed by atoms with Gasteiger partial charge in [0, 0.05) is 25.6 Å². The SMILES string of the molecule is CCOC[C@H]1CC(F)(F)CN1CCO. The highest BCUT2D eigenvalue weighted by atomic mass is 19.3. The second-order valence-corrected chi connectivity index (χ2v) is 3.57. The highest BCUT2D eigenvalue weighted by Gasteiger charge is 2.44. The lowest BCUT2D eigenvalue weighted by molar-refractivity contribution is 0.0105. The number of alkyl halides is 2. The fourth-order valence-corrected chi connectivity index (χ4v) is 1.77. The minimum absolute atomic E-state index is 0.0846. The first kappa shape index (κ1) is 11.8. The van der Waals surface area contributed by atoms with E-state index in [-0.39, 0.29) is 25.6 Å². The largest absolute Gasteiger partial charge is 0.395 e. The number of nitrogens with zero attached hydrogens (tertiary/aromatic N) is 1. The molecule has 0 unspecified atom stereocenters. The fourth-order valence-electron chi connectivity index (χ4n) is 1.77. The van der Waals surface area contributed by atoms with Crippen LogP contribution in [0, 0.1) is 0 Å². The summed E-state index contributed by atoms with van der Waals surface area (Å²) < 4.78 is 31.2. The summed E-state index contributed by atoms with van der Waals surface area (Å²) in [6.07, 6.45) is -0.160. The van der Waals surface area contributed by atoms with Crippen molar-refractivity contribution in [3.8, 4) is 0 Å². The minimum Gasteiger partial charge on any atom is -0.395 e. The third-order valence-electron chi connectivity index (χ3n) is 2.39. The van der Waals surface area contributed by atoms with Gasteiger partial charge in [0.2, 0.25) is 0 Å². The molecule has 0 saturated carbocycles. The van der Waals surface area contributed by atoms with Crippen molar-refractivity contribution in [1.29, 1.82) is 0 Å². The van der Waals surface area contributed by atoms with E-state index >= 15 is 0 Å². The molecule has 3 nitrogen and oxygen atoms in total. The Hall–Kier alpha value is -0.260. The van der Waals surface area contributed by atoms with Crippen molar-refractivity contribution < 1.29 is 18.6 Å². The molecule has 1 fully saturated rings. The molecule has 1 saturated heterocycles. The standard InChI is InChI=1S/C9H17F2NO2/c1-2-14-6-8-5-9(10,11)7-12(8)3-4-13/h8,13H,2-7H2,1H3/t8-/m1/s1. The highest BCUT2D eigenvalue weighted by molar-refractivity contribution is 4.90. The summed E-state index contributed by atoms with van der Waals surface area (Å²) in [7, 11) is 0. The summed E-state index contributed by atoms with van der Waals surface area (Å²) in [6.45, 7) is 2.65. The van der Waals surface area contributed by atoms with Crippen LogP contribution < -0.4 is 0 Å². The maximum Gasteiger partial charge on any atom is 0.262 e. The van der Waals surface area contributed by atoms with E-state index in [0.29, 0.717) is 19.8 Å². The molecule has 0 aliphatic carbocycles. The predicted octanol–water partition coefficient (Wildman–Crippen LogP) is 0.725. The molecule has 84 valence electrons. The van der Waals surface area contributed by atoms with Crippen LogP contribution in [-0.2, 0) is 4.74 Å². The van der Waals surface area contributed by atoms with Crippen LogP contribution in [-0.4, -0.2) is 54.9 Å². The van der Waals surface area contributed by atoms with Crippen molar-refractivity contribution in [3.05, 3.63) is 0 Å². The molecule has 0 aromatic carbocycles. The normalized spacial score (nSPS) is 27.0. The quantitative estimate of drug-likeness (QED) is 0.724. The number of ether oxygens (including phenoxy) is 1. The van der Waals surface area contributed by atoms with E-state index in [1.54, 1.807) is 4.90 Å². The van der Waals surface area contributed by atoms with Crippen molar-refractivity contribution in [2.45, 2.75) is 25.3 Å². The lowest BCUT2D eigenvalue weighted by Crippen LogP contribution is -2.35. The molecule has 14 heavy (non-hydrogen) atoms. The molecule has 0 spiro atoms. The van der Waals surface area contributed by atoms with Crippen LogP contribution in [0.4, 0.5) is 8.78 Å². The van der Waals surface area contributed by atoms with Crippen LogP contribution in [0.5, 0.6) is 0 Å². The summed E-state index contributed by atoms with van der Waals surface area (Å²) in [5.41, 5.74) is 0. The Kier molecular flexibility index (Phi) is 4.22. The lowest BCUT2D eigenvalue weighted by Gasteiger charge is -2.21. The monoisotopic (exact) mass is 209 g/mol. The third-order valence-corrected chi connectivity index (χ3v) is 2.39. The first-order chi connectivity index (χ1) is 6.59. The molecule has 1 rings (SSSR count). The molecule has 0 bridgehead atoms. The maximum atomic E-state index is 13.0. The average molecular weight is 209 g/mol. The van der Waals surface area contributed by atoms with Crippen molar-refractivity contribution in [1.82, 2.24) is 4.90 Å².